The fraction of sp³-hybridized carbons (Fsp3) is 0.933. The topological polar surface area (TPSA) is 52.6 Å². The van der Waals surface area contributed by atoms with Crippen molar-refractivity contribution in [1.29, 1.82) is 0 Å². The van der Waals surface area contributed by atoms with Crippen molar-refractivity contribution >= 4 is 18.3 Å². The Morgan fingerprint density at radius 1 is 1.15 bits per heavy atom. The van der Waals surface area contributed by atoms with Gasteiger partial charge < -0.3 is 10.4 Å². The number of rotatable bonds is 5. The first-order valence-corrected chi connectivity index (χ1v) is 7.74. The molecule has 1 amide bonds. The standard InChI is InChI=1S/C15H26N2O2.ClH/c1-17(2-3-18)9-14(19)16-15-12-5-10-4-11(7-12)8-13(15)6-10;/h10-13,15,18H,2-9H2,1H3,(H,16,19);1H. The summed E-state index contributed by atoms with van der Waals surface area (Å²) in [5.41, 5.74) is 0. The largest absolute Gasteiger partial charge is 0.395 e. The van der Waals surface area contributed by atoms with Gasteiger partial charge in [-0.1, -0.05) is 0 Å². The van der Waals surface area contributed by atoms with Crippen LogP contribution in [0.25, 0.3) is 0 Å². The van der Waals surface area contributed by atoms with Crippen molar-refractivity contribution in [2.75, 3.05) is 26.7 Å². The van der Waals surface area contributed by atoms with E-state index in [0.29, 0.717) is 19.1 Å². The smallest absolute Gasteiger partial charge is 0.234 e. The van der Waals surface area contributed by atoms with Crippen LogP contribution in [0, 0.1) is 23.7 Å². The van der Waals surface area contributed by atoms with Gasteiger partial charge in [-0.2, -0.15) is 0 Å². The molecule has 0 aliphatic heterocycles. The van der Waals surface area contributed by atoms with Gasteiger partial charge in [-0.3, -0.25) is 9.69 Å². The highest BCUT2D eigenvalue weighted by atomic mass is 35.5. The Hall–Kier alpha value is -0.320. The second-order valence-electron chi connectivity index (χ2n) is 6.99. The van der Waals surface area contributed by atoms with Crippen LogP contribution in [0.1, 0.15) is 32.1 Å². The van der Waals surface area contributed by atoms with E-state index in [1.165, 1.54) is 32.1 Å². The van der Waals surface area contributed by atoms with Gasteiger partial charge >= 0.3 is 0 Å². The molecule has 4 rings (SSSR count). The quantitative estimate of drug-likeness (QED) is 0.804. The van der Waals surface area contributed by atoms with E-state index in [9.17, 15) is 4.79 Å². The van der Waals surface area contributed by atoms with Crippen molar-refractivity contribution in [3.8, 4) is 0 Å². The maximum absolute atomic E-state index is 12.1. The number of likely N-dealkylation sites (N-methyl/N-ethyl adjacent to an activating group) is 1. The molecule has 4 aliphatic carbocycles. The third kappa shape index (κ3) is 3.29. The average Bonchev–Trinajstić information content (AvgIpc) is 2.33. The average molecular weight is 303 g/mol. The molecule has 0 aromatic rings. The number of nitrogens with one attached hydrogen (secondary N) is 1. The number of carbonyl (C=O) groups excluding carboxylic acids is 1. The lowest BCUT2D eigenvalue weighted by Crippen LogP contribution is -2.57. The Kier molecular flexibility index (Phi) is 5.32. The predicted octanol–water partition coefficient (Wildman–Crippen LogP) is 1.27. The van der Waals surface area contributed by atoms with Crippen molar-refractivity contribution in [1.82, 2.24) is 10.2 Å². The number of nitrogens with zero attached hydrogens (tertiary/aromatic N) is 1. The normalized spacial score (nSPS) is 37.9. The highest BCUT2D eigenvalue weighted by Gasteiger charge is 2.48. The summed E-state index contributed by atoms with van der Waals surface area (Å²) in [6, 6.07) is 0.433. The summed E-state index contributed by atoms with van der Waals surface area (Å²) in [4.78, 5) is 14.0. The van der Waals surface area contributed by atoms with Crippen LogP contribution in [0.3, 0.4) is 0 Å². The van der Waals surface area contributed by atoms with Gasteiger partial charge in [0.1, 0.15) is 0 Å². The van der Waals surface area contributed by atoms with E-state index in [-0.39, 0.29) is 24.9 Å². The summed E-state index contributed by atoms with van der Waals surface area (Å²) in [7, 11) is 1.88. The van der Waals surface area contributed by atoms with Crippen molar-refractivity contribution in [2.24, 2.45) is 23.7 Å². The van der Waals surface area contributed by atoms with Crippen LogP contribution in [0.5, 0.6) is 0 Å². The number of aliphatic hydroxyl groups is 1. The molecule has 116 valence electrons. The Bertz CT molecular complexity index is 323. The van der Waals surface area contributed by atoms with Crippen LogP contribution in [0.4, 0.5) is 0 Å². The minimum absolute atomic E-state index is 0. The Balaban J connectivity index is 0.00000147. The zero-order valence-electron chi connectivity index (χ0n) is 12.3. The molecule has 5 heteroatoms. The first kappa shape index (κ1) is 16.1. The van der Waals surface area contributed by atoms with Crippen molar-refractivity contribution in [3.05, 3.63) is 0 Å². The molecular formula is C15H27ClN2O2. The van der Waals surface area contributed by atoms with Gasteiger partial charge in [-0.15, -0.1) is 12.4 Å². The molecule has 0 atom stereocenters. The van der Waals surface area contributed by atoms with Gasteiger partial charge in [-0.25, -0.2) is 0 Å². The van der Waals surface area contributed by atoms with Gasteiger partial charge in [0.05, 0.1) is 13.2 Å². The third-order valence-electron chi connectivity index (χ3n) is 5.45. The molecule has 2 N–H and O–H groups in total. The summed E-state index contributed by atoms with van der Waals surface area (Å²) in [5, 5.41) is 12.2. The Labute approximate surface area is 127 Å². The fourth-order valence-corrected chi connectivity index (χ4v) is 4.89. The lowest BCUT2D eigenvalue weighted by atomic mass is 9.54. The van der Waals surface area contributed by atoms with Crippen LogP contribution in [0.15, 0.2) is 0 Å². The van der Waals surface area contributed by atoms with Gasteiger partial charge in [0.25, 0.3) is 0 Å². The summed E-state index contributed by atoms with van der Waals surface area (Å²) < 4.78 is 0. The fourth-order valence-electron chi connectivity index (χ4n) is 4.89. The molecular weight excluding hydrogens is 276 g/mol. The number of hydrogen-bond acceptors (Lipinski definition) is 3. The lowest BCUT2D eigenvalue weighted by molar-refractivity contribution is -0.126. The van der Waals surface area contributed by atoms with Crippen LogP contribution in [-0.4, -0.2) is 48.7 Å². The second-order valence-corrected chi connectivity index (χ2v) is 6.99. The van der Waals surface area contributed by atoms with E-state index in [1.54, 1.807) is 0 Å². The van der Waals surface area contributed by atoms with Crippen LogP contribution < -0.4 is 5.32 Å². The second kappa shape index (κ2) is 6.63. The Morgan fingerprint density at radius 3 is 2.20 bits per heavy atom. The summed E-state index contributed by atoms with van der Waals surface area (Å²) in [5.74, 6) is 3.51. The minimum Gasteiger partial charge on any atom is -0.395 e. The molecule has 0 unspecified atom stereocenters. The van der Waals surface area contributed by atoms with Gasteiger partial charge in [-0.05, 0) is 62.8 Å². The molecule has 0 saturated heterocycles. The van der Waals surface area contributed by atoms with E-state index >= 15 is 0 Å². The zero-order chi connectivity index (χ0) is 13.4. The SMILES string of the molecule is CN(CCO)CC(=O)NC1C2CC3CC(C2)CC1C3.Cl. The van der Waals surface area contributed by atoms with Gasteiger partial charge in [0.2, 0.25) is 5.91 Å². The first-order chi connectivity index (χ1) is 9.15. The van der Waals surface area contributed by atoms with Crippen LogP contribution in [-0.2, 0) is 4.79 Å². The maximum atomic E-state index is 12.1. The summed E-state index contributed by atoms with van der Waals surface area (Å²) >= 11 is 0. The molecule has 4 nitrogen and oxygen atoms in total. The van der Waals surface area contributed by atoms with Gasteiger partial charge in [0, 0.05) is 12.6 Å². The number of halogens is 1. The van der Waals surface area contributed by atoms with Crippen LogP contribution >= 0.6 is 12.4 Å². The Morgan fingerprint density at radius 2 is 1.70 bits per heavy atom. The highest BCUT2D eigenvalue weighted by molar-refractivity contribution is 5.85. The van der Waals surface area contributed by atoms with Crippen molar-refractivity contribution in [3.63, 3.8) is 0 Å². The number of carbonyl (C=O) groups is 1. The number of hydrogen-bond donors (Lipinski definition) is 2. The van der Waals surface area contributed by atoms with Gasteiger partial charge in [0.15, 0.2) is 0 Å². The van der Waals surface area contributed by atoms with Crippen molar-refractivity contribution < 1.29 is 9.90 Å². The molecule has 4 aliphatic rings. The maximum Gasteiger partial charge on any atom is 0.234 e. The molecule has 0 spiro atoms. The number of amides is 1. The molecule has 0 aromatic carbocycles. The lowest BCUT2D eigenvalue weighted by Gasteiger charge is -2.54. The molecule has 4 fully saturated rings. The van der Waals surface area contributed by atoms with E-state index in [4.69, 9.17) is 5.11 Å². The molecule has 4 bridgehead atoms. The molecule has 0 radical (unpaired) electrons. The zero-order valence-corrected chi connectivity index (χ0v) is 13.1. The monoisotopic (exact) mass is 302 g/mol. The molecule has 0 aromatic heterocycles. The first-order valence-electron chi connectivity index (χ1n) is 7.74. The summed E-state index contributed by atoms with van der Waals surface area (Å²) in [6.45, 7) is 1.08. The van der Waals surface area contributed by atoms with Crippen LogP contribution in [0.2, 0.25) is 0 Å². The third-order valence-corrected chi connectivity index (χ3v) is 5.45. The molecule has 20 heavy (non-hydrogen) atoms. The molecule has 0 heterocycles. The van der Waals surface area contributed by atoms with Crippen molar-refractivity contribution in [2.45, 2.75) is 38.1 Å². The van der Waals surface area contributed by atoms with E-state index < -0.39 is 0 Å². The van der Waals surface area contributed by atoms with E-state index in [1.807, 2.05) is 11.9 Å². The highest BCUT2D eigenvalue weighted by Crippen LogP contribution is 2.53. The van der Waals surface area contributed by atoms with E-state index in [2.05, 4.69) is 5.32 Å². The predicted molar refractivity (Wildman–Crippen MR) is 80.8 cm³/mol. The number of aliphatic hydroxyl groups excluding tert-OH is 1. The van der Waals surface area contributed by atoms with E-state index in [0.717, 1.165) is 23.7 Å². The summed E-state index contributed by atoms with van der Waals surface area (Å²) in [6.07, 6.45) is 6.80. The molecule has 4 saturated carbocycles. The minimum atomic E-state index is 0.